The van der Waals surface area contributed by atoms with Crippen molar-refractivity contribution in [3.05, 3.63) is 71.6 Å². The highest BCUT2D eigenvalue weighted by molar-refractivity contribution is 5.63. The van der Waals surface area contributed by atoms with Crippen LogP contribution in [0.25, 0.3) is 11.1 Å². The number of aryl methyl sites for hydroxylation is 1. The Morgan fingerprint density at radius 2 is 1.50 bits per heavy atom. The van der Waals surface area contributed by atoms with Gasteiger partial charge in [-0.25, -0.2) is 13.2 Å². The zero-order valence-electron chi connectivity index (χ0n) is 11.2. The van der Waals surface area contributed by atoms with Crippen molar-refractivity contribution in [2.24, 2.45) is 0 Å². The second-order valence-corrected chi connectivity index (χ2v) is 4.56. The minimum absolute atomic E-state index is 0.335. The van der Waals surface area contributed by atoms with E-state index in [1.165, 1.54) is 0 Å². The molecule has 0 heterocycles. The Morgan fingerprint density at radius 1 is 0.900 bits per heavy atom. The molecule has 0 nitrogen and oxygen atoms in total. The molecule has 0 bridgehead atoms. The van der Waals surface area contributed by atoms with Crippen LogP contribution in [0.5, 0.6) is 0 Å². The first-order valence-corrected chi connectivity index (χ1v) is 6.47. The highest BCUT2D eigenvalue weighted by atomic mass is 19.2. The lowest BCUT2D eigenvalue weighted by Crippen LogP contribution is -1.92. The van der Waals surface area contributed by atoms with Crippen LogP contribution >= 0.6 is 0 Å². The fraction of sp³-hybridized carbons (Fsp3) is 0.176. The lowest BCUT2D eigenvalue weighted by atomic mass is 10.0. The number of hydrogen-bond donors (Lipinski definition) is 0. The van der Waals surface area contributed by atoms with Gasteiger partial charge in [-0.3, -0.25) is 0 Å². The predicted octanol–water partition coefficient (Wildman–Crippen LogP) is 5.28. The van der Waals surface area contributed by atoms with E-state index in [0.29, 0.717) is 11.1 Å². The molecular weight excluding hydrogens is 261 g/mol. The summed E-state index contributed by atoms with van der Waals surface area (Å²) in [6.07, 6.45) is 5.95. The van der Waals surface area contributed by atoms with Gasteiger partial charge < -0.3 is 0 Å². The van der Waals surface area contributed by atoms with E-state index in [-0.39, 0.29) is 0 Å². The van der Waals surface area contributed by atoms with Crippen molar-refractivity contribution in [1.82, 2.24) is 0 Å². The van der Waals surface area contributed by atoms with Gasteiger partial charge in [0.05, 0.1) is 0 Å². The van der Waals surface area contributed by atoms with Gasteiger partial charge in [0.25, 0.3) is 0 Å². The molecule has 104 valence electrons. The average Bonchev–Trinajstić information content (AvgIpc) is 2.45. The quantitative estimate of drug-likeness (QED) is 0.526. The third-order valence-electron chi connectivity index (χ3n) is 3.11. The van der Waals surface area contributed by atoms with Gasteiger partial charge in [-0.15, -0.1) is 0 Å². The summed E-state index contributed by atoms with van der Waals surface area (Å²) in [5, 5.41) is 0. The first-order chi connectivity index (χ1) is 9.61. The molecule has 0 aliphatic rings. The maximum atomic E-state index is 13.2. The molecule has 0 saturated carbocycles. The molecule has 0 aromatic heterocycles. The van der Waals surface area contributed by atoms with E-state index in [2.05, 4.69) is 6.08 Å². The maximum absolute atomic E-state index is 13.2. The predicted molar refractivity (Wildman–Crippen MR) is 74.9 cm³/mol. The molecule has 2 rings (SSSR count). The van der Waals surface area contributed by atoms with Crippen LogP contribution in [0, 0.1) is 17.5 Å². The molecule has 0 saturated heterocycles. The Labute approximate surface area is 116 Å². The summed E-state index contributed by atoms with van der Waals surface area (Å²) in [4.78, 5) is 0. The van der Waals surface area contributed by atoms with Gasteiger partial charge in [-0.1, -0.05) is 36.4 Å². The summed E-state index contributed by atoms with van der Waals surface area (Å²) in [5.74, 6) is -3.77. The SMILES string of the molecule is C/C=C/CCc1ccc(-c2cc(F)c(F)c(F)c2)cc1. The van der Waals surface area contributed by atoms with Crippen molar-refractivity contribution in [2.75, 3.05) is 0 Å². The van der Waals surface area contributed by atoms with Crippen LogP contribution < -0.4 is 0 Å². The Kier molecular flexibility index (Phi) is 4.61. The topological polar surface area (TPSA) is 0 Å². The van der Waals surface area contributed by atoms with Crippen molar-refractivity contribution in [3.63, 3.8) is 0 Å². The van der Waals surface area contributed by atoms with Gasteiger partial charge in [0.2, 0.25) is 0 Å². The first-order valence-electron chi connectivity index (χ1n) is 6.47. The molecule has 2 aromatic rings. The summed E-state index contributed by atoms with van der Waals surface area (Å²) in [5.41, 5.74) is 2.15. The summed E-state index contributed by atoms with van der Waals surface area (Å²) < 4.78 is 39.3. The molecule has 0 radical (unpaired) electrons. The Bertz CT molecular complexity index is 590. The third kappa shape index (κ3) is 3.29. The van der Waals surface area contributed by atoms with Crippen LogP contribution in [0.1, 0.15) is 18.9 Å². The van der Waals surface area contributed by atoms with E-state index in [9.17, 15) is 13.2 Å². The van der Waals surface area contributed by atoms with E-state index < -0.39 is 17.5 Å². The van der Waals surface area contributed by atoms with Gasteiger partial charge in [0, 0.05) is 0 Å². The largest absolute Gasteiger partial charge is 0.204 e. The number of hydrogen-bond acceptors (Lipinski definition) is 0. The third-order valence-corrected chi connectivity index (χ3v) is 3.11. The van der Waals surface area contributed by atoms with Gasteiger partial charge in [-0.05, 0) is 48.6 Å². The maximum Gasteiger partial charge on any atom is 0.194 e. The molecule has 0 fully saturated rings. The second kappa shape index (κ2) is 6.42. The molecule has 0 atom stereocenters. The number of rotatable bonds is 4. The van der Waals surface area contributed by atoms with Crippen molar-refractivity contribution < 1.29 is 13.2 Å². The van der Waals surface area contributed by atoms with Crippen molar-refractivity contribution >= 4 is 0 Å². The minimum atomic E-state index is -1.43. The summed E-state index contributed by atoms with van der Waals surface area (Å²) in [7, 11) is 0. The second-order valence-electron chi connectivity index (χ2n) is 4.56. The van der Waals surface area contributed by atoms with E-state index in [0.717, 1.165) is 30.5 Å². The Balaban J connectivity index is 2.21. The van der Waals surface area contributed by atoms with Gasteiger partial charge in [0.15, 0.2) is 17.5 Å². The van der Waals surface area contributed by atoms with Crippen LogP contribution in [0.15, 0.2) is 48.6 Å². The Morgan fingerprint density at radius 3 is 2.05 bits per heavy atom. The van der Waals surface area contributed by atoms with Crippen molar-refractivity contribution in [2.45, 2.75) is 19.8 Å². The van der Waals surface area contributed by atoms with Crippen LogP contribution in [0.2, 0.25) is 0 Å². The smallest absolute Gasteiger partial charge is 0.194 e. The summed E-state index contributed by atoms with van der Waals surface area (Å²) >= 11 is 0. The molecule has 0 spiro atoms. The number of allylic oxidation sites excluding steroid dienone is 2. The highest BCUT2D eigenvalue weighted by Gasteiger charge is 2.11. The van der Waals surface area contributed by atoms with E-state index >= 15 is 0 Å². The summed E-state index contributed by atoms with van der Waals surface area (Å²) in [6, 6.07) is 9.42. The molecule has 0 aliphatic heterocycles. The average molecular weight is 276 g/mol. The fourth-order valence-electron chi connectivity index (χ4n) is 2.00. The van der Waals surface area contributed by atoms with Crippen LogP contribution in [0.4, 0.5) is 13.2 Å². The lowest BCUT2D eigenvalue weighted by molar-refractivity contribution is 0.448. The molecule has 20 heavy (non-hydrogen) atoms. The monoisotopic (exact) mass is 276 g/mol. The van der Waals surface area contributed by atoms with Crippen LogP contribution in [-0.4, -0.2) is 0 Å². The van der Waals surface area contributed by atoms with Crippen molar-refractivity contribution in [1.29, 1.82) is 0 Å². The van der Waals surface area contributed by atoms with Crippen molar-refractivity contribution in [3.8, 4) is 11.1 Å². The zero-order chi connectivity index (χ0) is 14.5. The number of halogens is 3. The van der Waals surface area contributed by atoms with Gasteiger partial charge in [0.1, 0.15) is 0 Å². The molecular formula is C17H15F3. The fourth-order valence-corrected chi connectivity index (χ4v) is 2.00. The molecule has 0 unspecified atom stereocenters. The Hall–Kier alpha value is -2.03. The highest BCUT2D eigenvalue weighted by Crippen LogP contribution is 2.24. The van der Waals surface area contributed by atoms with Gasteiger partial charge >= 0.3 is 0 Å². The molecule has 0 N–H and O–H groups in total. The first kappa shape index (κ1) is 14.4. The molecule has 2 aromatic carbocycles. The van der Waals surface area contributed by atoms with Crippen LogP contribution in [-0.2, 0) is 6.42 Å². The number of benzene rings is 2. The molecule has 3 heteroatoms. The lowest BCUT2D eigenvalue weighted by Gasteiger charge is -2.05. The normalized spacial score (nSPS) is 11.2. The zero-order valence-corrected chi connectivity index (χ0v) is 11.2. The van der Waals surface area contributed by atoms with Crippen LogP contribution in [0.3, 0.4) is 0 Å². The minimum Gasteiger partial charge on any atom is -0.204 e. The standard InChI is InChI=1S/C17H15F3/c1-2-3-4-5-12-6-8-13(9-7-12)14-10-15(18)17(20)16(19)11-14/h2-3,6-11H,4-5H2,1H3/b3-2+. The van der Waals surface area contributed by atoms with E-state index in [1.54, 1.807) is 12.1 Å². The van der Waals surface area contributed by atoms with E-state index in [4.69, 9.17) is 0 Å². The molecule has 0 amide bonds. The van der Waals surface area contributed by atoms with Gasteiger partial charge in [-0.2, -0.15) is 0 Å². The van der Waals surface area contributed by atoms with E-state index in [1.807, 2.05) is 25.1 Å². The molecule has 0 aliphatic carbocycles. The summed E-state index contributed by atoms with van der Waals surface area (Å²) in [6.45, 7) is 1.97.